The van der Waals surface area contributed by atoms with Gasteiger partial charge < -0.3 is 9.80 Å². The van der Waals surface area contributed by atoms with Crippen molar-refractivity contribution in [2.75, 3.05) is 31.4 Å². The van der Waals surface area contributed by atoms with Crippen LogP contribution in [-0.2, 0) is 27.6 Å². The van der Waals surface area contributed by atoms with Gasteiger partial charge in [-0.15, -0.1) is 0 Å². The van der Waals surface area contributed by atoms with Crippen LogP contribution in [0.2, 0.25) is 0 Å². The topological polar surface area (TPSA) is 95.7 Å². The highest BCUT2D eigenvalue weighted by Gasteiger charge is 2.30. The third kappa shape index (κ3) is 7.18. The van der Waals surface area contributed by atoms with Gasteiger partial charge in [0.25, 0.3) is 10.2 Å². The number of anilines is 1. The number of benzene rings is 2. The fraction of sp³-hybridized carbons (Fsp3) is 0.409. The zero-order chi connectivity index (χ0) is 24.2. The van der Waals surface area contributed by atoms with Gasteiger partial charge in [-0.05, 0) is 61.3 Å². The molecule has 11 heteroatoms. The van der Waals surface area contributed by atoms with Gasteiger partial charge in [0.15, 0.2) is 0 Å². The van der Waals surface area contributed by atoms with Crippen molar-refractivity contribution in [1.82, 2.24) is 9.80 Å². The van der Waals surface area contributed by atoms with Crippen LogP contribution in [0.25, 0.3) is 0 Å². The molecule has 1 saturated heterocycles. The summed E-state index contributed by atoms with van der Waals surface area (Å²) in [5.41, 5.74) is 0.714. The number of likely N-dealkylation sites (N-methyl/N-ethyl adjacent to an activating group) is 1. The average Bonchev–Trinajstić information content (AvgIpc) is 3.23. The monoisotopic (exact) mass is 484 g/mol. The van der Waals surface area contributed by atoms with E-state index in [9.17, 15) is 26.4 Å². The van der Waals surface area contributed by atoms with Crippen LogP contribution in [0.5, 0.6) is 0 Å². The minimum atomic E-state index is -4.43. The van der Waals surface area contributed by atoms with Crippen LogP contribution in [0, 0.1) is 0 Å². The number of likely N-dealkylation sites (tertiary alicyclic amines) is 1. The first-order chi connectivity index (χ1) is 15.4. The lowest BCUT2D eigenvalue weighted by molar-refractivity contribution is -0.137. The van der Waals surface area contributed by atoms with E-state index in [1.165, 1.54) is 12.1 Å². The van der Waals surface area contributed by atoms with Crippen LogP contribution in [0.1, 0.15) is 35.6 Å². The zero-order valence-electron chi connectivity index (χ0n) is 18.2. The van der Waals surface area contributed by atoms with Crippen molar-refractivity contribution in [2.24, 2.45) is 5.14 Å². The summed E-state index contributed by atoms with van der Waals surface area (Å²) in [6.07, 6.45) is -2.37. The molecule has 2 aromatic rings. The molecule has 0 aliphatic carbocycles. The molecular weight excluding hydrogens is 457 g/mol. The molecule has 1 amide bonds. The number of amides is 1. The van der Waals surface area contributed by atoms with Crippen molar-refractivity contribution >= 4 is 21.8 Å². The summed E-state index contributed by atoms with van der Waals surface area (Å²) in [6, 6.07) is 10.8. The minimum absolute atomic E-state index is 0.0553. The van der Waals surface area contributed by atoms with E-state index >= 15 is 0 Å². The van der Waals surface area contributed by atoms with Gasteiger partial charge in [-0.3, -0.25) is 9.52 Å². The van der Waals surface area contributed by atoms with E-state index < -0.39 is 21.9 Å². The molecule has 3 rings (SSSR count). The maximum Gasteiger partial charge on any atom is 0.416 e. The molecule has 180 valence electrons. The van der Waals surface area contributed by atoms with Crippen LogP contribution < -0.4 is 9.86 Å². The number of hydrogen-bond acceptors (Lipinski definition) is 4. The molecule has 33 heavy (non-hydrogen) atoms. The number of nitrogens with one attached hydrogen (secondary N) is 1. The molecule has 1 atom stereocenters. The standard InChI is InChI=1S/C22H27F3N4O3S/c1-28(21(30)13-16-7-9-18(10-8-16)22(23,24)25)20(15-29-11-2-3-12-29)17-5-4-6-19(14-17)27-33(26,31)32/h4-10,14,20,27H,2-3,11-13,15H2,1H3,(H2,26,31,32)/t20-/m1/s1. The average molecular weight is 485 g/mol. The maximum absolute atomic E-state index is 13.1. The summed E-state index contributed by atoms with van der Waals surface area (Å²) in [6.45, 7) is 2.34. The second-order valence-corrected chi connectivity index (χ2v) is 9.47. The highest BCUT2D eigenvalue weighted by Crippen LogP contribution is 2.30. The fourth-order valence-electron chi connectivity index (χ4n) is 3.92. The van der Waals surface area contributed by atoms with Gasteiger partial charge in [0, 0.05) is 13.6 Å². The van der Waals surface area contributed by atoms with Crippen molar-refractivity contribution in [2.45, 2.75) is 31.5 Å². The Balaban J connectivity index is 1.81. The molecule has 1 aliphatic heterocycles. The Hall–Kier alpha value is -2.63. The van der Waals surface area contributed by atoms with E-state index in [1.54, 1.807) is 36.2 Å². The highest BCUT2D eigenvalue weighted by molar-refractivity contribution is 7.90. The molecule has 3 N–H and O–H groups in total. The van der Waals surface area contributed by atoms with Crippen LogP contribution in [-0.4, -0.2) is 50.8 Å². The quantitative estimate of drug-likeness (QED) is 0.602. The highest BCUT2D eigenvalue weighted by atomic mass is 32.2. The summed E-state index contributed by atoms with van der Waals surface area (Å²) in [7, 11) is -2.31. The first-order valence-corrected chi connectivity index (χ1v) is 12.0. The second kappa shape index (κ2) is 10.1. The van der Waals surface area contributed by atoms with E-state index in [2.05, 4.69) is 9.62 Å². The maximum atomic E-state index is 13.1. The largest absolute Gasteiger partial charge is 0.416 e. The number of rotatable bonds is 8. The summed E-state index contributed by atoms with van der Waals surface area (Å²) in [5, 5.41) is 5.08. The SMILES string of the molecule is CN(C(=O)Cc1ccc(C(F)(F)F)cc1)[C@H](CN1CCCC1)c1cccc(NS(N)(=O)=O)c1. The van der Waals surface area contributed by atoms with E-state index in [0.29, 0.717) is 12.1 Å². The van der Waals surface area contributed by atoms with E-state index in [1.807, 2.05) is 0 Å². The Morgan fingerprint density at radius 1 is 1.15 bits per heavy atom. The first kappa shape index (κ1) is 25.0. The molecule has 0 unspecified atom stereocenters. The molecule has 1 fully saturated rings. The number of hydrogen-bond donors (Lipinski definition) is 2. The van der Waals surface area contributed by atoms with Crippen molar-refractivity contribution in [3.63, 3.8) is 0 Å². The summed E-state index contributed by atoms with van der Waals surface area (Å²) in [4.78, 5) is 16.8. The molecule has 0 bridgehead atoms. The van der Waals surface area contributed by atoms with Gasteiger partial charge in [-0.1, -0.05) is 24.3 Å². The number of alkyl halides is 3. The van der Waals surface area contributed by atoms with E-state index in [-0.39, 0.29) is 24.1 Å². The van der Waals surface area contributed by atoms with Crippen LogP contribution in [0.3, 0.4) is 0 Å². The van der Waals surface area contributed by atoms with Gasteiger partial charge in [0.05, 0.1) is 23.7 Å². The molecule has 0 spiro atoms. The van der Waals surface area contributed by atoms with Gasteiger partial charge in [-0.25, -0.2) is 5.14 Å². The normalized spacial score (nSPS) is 15.9. The van der Waals surface area contributed by atoms with Crippen molar-refractivity contribution < 1.29 is 26.4 Å². The van der Waals surface area contributed by atoms with E-state index in [4.69, 9.17) is 5.14 Å². The van der Waals surface area contributed by atoms with Crippen molar-refractivity contribution in [3.05, 3.63) is 65.2 Å². The Labute approximate surface area is 191 Å². The van der Waals surface area contributed by atoms with Crippen molar-refractivity contribution in [1.29, 1.82) is 0 Å². The molecule has 1 aliphatic rings. The molecule has 1 heterocycles. The fourth-order valence-corrected chi connectivity index (χ4v) is 4.38. The third-order valence-corrected chi connectivity index (χ3v) is 6.18. The Kier molecular flexibility index (Phi) is 7.65. The van der Waals surface area contributed by atoms with Crippen LogP contribution in [0.15, 0.2) is 48.5 Å². The smallest absolute Gasteiger partial charge is 0.337 e. The molecular formula is C22H27F3N4O3S. The number of nitrogens with two attached hydrogens (primary N) is 1. The molecule has 0 aromatic heterocycles. The van der Waals surface area contributed by atoms with Gasteiger partial charge in [0.1, 0.15) is 0 Å². The Bertz CT molecular complexity index is 1070. The summed E-state index contributed by atoms with van der Waals surface area (Å²) < 4.78 is 63.5. The number of nitrogens with zero attached hydrogens (tertiary/aromatic N) is 2. The predicted octanol–water partition coefficient (Wildman–Crippen LogP) is 3.16. The molecule has 0 radical (unpaired) electrons. The second-order valence-electron chi connectivity index (χ2n) is 8.17. The van der Waals surface area contributed by atoms with Crippen LogP contribution in [0.4, 0.5) is 18.9 Å². The lowest BCUT2D eigenvalue weighted by Gasteiger charge is -2.32. The number of carbonyl (C=O) groups is 1. The third-order valence-electron chi connectivity index (χ3n) is 5.66. The lowest BCUT2D eigenvalue weighted by Crippen LogP contribution is -2.39. The molecule has 2 aromatic carbocycles. The van der Waals surface area contributed by atoms with E-state index in [0.717, 1.165) is 43.6 Å². The summed E-state index contributed by atoms with van der Waals surface area (Å²) in [5.74, 6) is -0.260. The number of halogens is 3. The van der Waals surface area contributed by atoms with Gasteiger partial charge >= 0.3 is 6.18 Å². The Morgan fingerprint density at radius 3 is 2.36 bits per heavy atom. The molecule has 0 saturated carbocycles. The lowest BCUT2D eigenvalue weighted by atomic mass is 10.0. The van der Waals surface area contributed by atoms with Crippen LogP contribution >= 0.6 is 0 Å². The number of carbonyl (C=O) groups excluding carboxylic acids is 1. The zero-order valence-corrected chi connectivity index (χ0v) is 19.0. The first-order valence-electron chi connectivity index (χ1n) is 10.5. The van der Waals surface area contributed by atoms with Crippen molar-refractivity contribution in [3.8, 4) is 0 Å². The van der Waals surface area contributed by atoms with Gasteiger partial charge in [0.2, 0.25) is 5.91 Å². The molecule has 7 nitrogen and oxygen atoms in total. The van der Waals surface area contributed by atoms with Gasteiger partial charge in [-0.2, -0.15) is 21.6 Å². The minimum Gasteiger partial charge on any atom is -0.337 e. The summed E-state index contributed by atoms with van der Waals surface area (Å²) >= 11 is 0. The predicted molar refractivity (Wildman–Crippen MR) is 120 cm³/mol. The Morgan fingerprint density at radius 2 is 1.79 bits per heavy atom.